The van der Waals surface area contributed by atoms with Gasteiger partial charge in [0.05, 0.1) is 6.10 Å². The number of aromatic nitrogens is 2. The van der Waals surface area contributed by atoms with E-state index in [0.717, 1.165) is 49.9 Å². The van der Waals surface area contributed by atoms with Gasteiger partial charge in [-0.2, -0.15) is 0 Å². The molecule has 1 aromatic heterocycles. The van der Waals surface area contributed by atoms with Crippen LogP contribution in [0.5, 0.6) is 0 Å². The molecule has 0 amide bonds. The first-order valence-electron chi connectivity index (χ1n) is 7.74. The van der Waals surface area contributed by atoms with Crippen LogP contribution in [0.15, 0.2) is 6.07 Å². The zero-order chi connectivity index (χ0) is 15.1. The van der Waals surface area contributed by atoms with Gasteiger partial charge >= 0.3 is 0 Å². The van der Waals surface area contributed by atoms with Crippen molar-refractivity contribution in [1.29, 1.82) is 0 Å². The third kappa shape index (κ3) is 4.54. The first-order valence-corrected chi connectivity index (χ1v) is 7.74. The molecule has 2 rings (SSSR count). The number of hydrogen-bond donors (Lipinski definition) is 1. The average molecular weight is 294 g/mol. The molecule has 1 fully saturated rings. The highest BCUT2D eigenvalue weighted by atomic mass is 16.5. The zero-order valence-electron chi connectivity index (χ0n) is 13.3. The van der Waals surface area contributed by atoms with Crippen LogP contribution in [0.1, 0.15) is 32.5 Å². The molecule has 6 heteroatoms. The van der Waals surface area contributed by atoms with Gasteiger partial charge in [-0.3, -0.25) is 0 Å². The molecule has 0 aromatic carbocycles. The van der Waals surface area contributed by atoms with Crippen molar-refractivity contribution in [2.45, 2.75) is 39.4 Å². The van der Waals surface area contributed by atoms with E-state index in [2.05, 4.69) is 27.1 Å². The highest BCUT2D eigenvalue weighted by Crippen LogP contribution is 2.22. The maximum absolute atomic E-state index is 5.49. The molecular formula is C15H26N4O2. The number of rotatable bonds is 7. The molecule has 1 aliphatic heterocycles. The van der Waals surface area contributed by atoms with Gasteiger partial charge in [-0.05, 0) is 26.7 Å². The van der Waals surface area contributed by atoms with Crippen LogP contribution in [0, 0.1) is 0 Å². The van der Waals surface area contributed by atoms with Crippen LogP contribution >= 0.6 is 0 Å². The second-order valence-corrected chi connectivity index (χ2v) is 5.14. The lowest BCUT2D eigenvalue weighted by molar-refractivity contribution is 0.0890. The molecule has 0 radical (unpaired) electrons. The Morgan fingerprint density at radius 2 is 2.24 bits per heavy atom. The molecule has 1 atom stereocenters. The van der Waals surface area contributed by atoms with E-state index < -0.39 is 0 Å². The molecule has 21 heavy (non-hydrogen) atoms. The highest BCUT2D eigenvalue weighted by Gasteiger charge is 2.21. The smallest absolute Gasteiger partial charge is 0.158 e. The lowest BCUT2D eigenvalue weighted by Gasteiger charge is -2.33. The molecular weight excluding hydrogens is 268 g/mol. The minimum Gasteiger partial charge on any atom is -0.380 e. The Balaban J connectivity index is 2.17. The monoisotopic (exact) mass is 294 g/mol. The van der Waals surface area contributed by atoms with Crippen molar-refractivity contribution in [2.75, 3.05) is 43.6 Å². The van der Waals surface area contributed by atoms with Crippen molar-refractivity contribution in [3.63, 3.8) is 0 Å². The summed E-state index contributed by atoms with van der Waals surface area (Å²) in [6, 6.07) is 2.01. The van der Waals surface area contributed by atoms with E-state index in [9.17, 15) is 0 Å². The second kappa shape index (κ2) is 8.14. The fourth-order valence-electron chi connectivity index (χ4n) is 2.51. The van der Waals surface area contributed by atoms with Gasteiger partial charge in [-0.1, -0.05) is 0 Å². The van der Waals surface area contributed by atoms with Crippen LogP contribution in [-0.2, 0) is 16.1 Å². The first-order chi connectivity index (χ1) is 10.3. The van der Waals surface area contributed by atoms with Crippen LogP contribution in [0.4, 0.5) is 11.6 Å². The van der Waals surface area contributed by atoms with Gasteiger partial charge in [0, 0.05) is 39.4 Å². The van der Waals surface area contributed by atoms with E-state index in [-0.39, 0.29) is 6.10 Å². The Bertz CT molecular complexity index is 442. The van der Waals surface area contributed by atoms with Crippen molar-refractivity contribution in [2.24, 2.45) is 0 Å². The van der Waals surface area contributed by atoms with Gasteiger partial charge in [-0.15, -0.1) is 0 Å². The molecule has 0 aliphatic carbocycles. The number of nitrogens with one attached hydrogen (secondary N) is 1. The Hall–Kier alpha value is -1.40. The summed E-state index contributed by atoms with van der Waals surface area (Å²) in [4.78, 5) is 11.4. The predicted molar refractivity (Wildman–Crippen MR) is 83.8 cm³/mol. The van der Waals surface area contributed by atoms with Crippen molar-refractivity contribution in [3.05, 3.63) is 11.9 Å². The third-order valence-corrected chi connectivity index (χ3v) is 3.59. The predicted octanol–water partition coefficient (Wildman–Crippen LogP) is 2.06. The van der Waals surface area contributed by atoms with Crippen LogP contribution in [-0.4, -0.2) is 49.4 Å². The van der Waals surface area contributed by atoms with Crippen LogP contribution in [0.3, 0.4) is 0 Å². The molecule has 1 N–H and O–H groups in total. The summed E-state index contributed by atoms with van der Waals surface area (Å²) < 4.78 is 10.9. The maximum Gasteiger partial charge on any atom is 0.158 e. The Kier molecular flexibility index (Phi) is 6.20. The average Bonchev–Trinajstić information content (AvgIpc) is 2.53. The molecule has 0 saturated carbocycles. The van der Waals surface area contributed by atoms with Gasteiger partial charge in [-0.25, -0.2) is 9.97 Å². The highest BCUT2D eigenvalue weighted by molar-refractivity contribution is 5.49. The molecule has 118 valence electrons. The molecule has 2 heterocycles. The molecule has 0 bridgehead atoms. The van der Waals surface area contributed by atoms with Crippen LogP contribution < -0.4 is 10.2 Å². The molecule has 6 nitrogen and oxygen atoms in total. The molecule has 1 aliphatic rings. The summed E-state index contributed by atoms with van der Waals surface area (Å²) >= 11 is 0. The van der Waals surface area contributed by atoms with E-state index in [4.69, 9.17) is 9.47 Å². The van der Waals surface area contributed by atoms with E-state index in [1.165, 1.54) is 0 Å². The topological polar surface area (TPSA) is 59.5 Å². The zero-order valence-corrected chi connectivity index (χ0v) is 13.3. The Morgan fingerprint density at radius 3 is 2.95 bits per heavy atom. The van der Waals surface area contributed by atoms with Gasteiger partial charge in [0.2, 0.25) is 0 Å². The normalized spacial score (nSPS) is 18.8. The fraction of sp³-hybridized carbons (Fsp3) is 0.733. The number of hydrogen-bond acceptors (Lipinski definition) is 6. The minimum atomic E-state index is 0.284. The molecule has 1 unspecified atom stereocenters. The van der Waals surface area contributed by atoms with Crippen molar-refractivity contribution in [1.82, 2.24) is 9.97 Å². The van der Waals surface area contributed by atoms with Gasteiger partial charge in [0.15, 0.2) is 5.82 Å². The van der Waals surface area contributed by atoms with Gasteiger partial charge < -0.3 is 19.7 Å². The van der Waals surface area contributed by atoms with Gasteiger partial charge in [0.1, 0.15) is 18.2 Å². The Morgan fingerprint density at radius 1 is 1.38 bits per heavy atom. The number of ether oxygens (including phenoxy) is 2. The Labute approximate surface area is 126 Å². The summed E-state index contributed by atoms with van der Waals surface area (Å²) in [5.74, 6) is 2.54. The molecule has 1 saturated heterocycles. The largest absolute Gasteiger partial charge is 0.380 e. The number of piperidine rings is 1. The summed E-state index contributed by atoms with van der Waals surface area (Å²) in [5.41, 5.74) is 0. The van der Waals surface area contributed by atoms with Crippen molar-refractivity contribution >= 4 is 11.6 Å². The summed E-state index contributed by atoms with van der Waals surface area (Å²) in [7, 11) is 1.78. The molecule has 1 aromatic rings. The molecule has 0 spiro atoms. The SMILES string of the molecule is CCNc1cc(N2CCCC(OC)C2)nc(COCC)n1. The fourth-order valence-corrected chi connectivity index (χ4v) is 2.51. The van der Waals surface area contributed by atoms with Crippen molar-refractivity contribution < 1.29 is 9.47 Å². The lowest BCUT2D eigenvalue weighted by atomic mass is 10.1. The van der Waals surface area contributed by atoms with E-state index in [1.54, 1.807) is 7.11 Å². The minimum absolute atomic E-state index is 0.284. The third-order valence-electron chi connectivity index (χ3n) is 3.59. The quantitative estimate of drug-likeness (QED) is 0.830. The van der Waals surface area contributed by atoms with Gasteiger partial charge in [0.25, 0.3) is 0 Å². The van der Waals surface area contributed by atoms with E-state index in [0.29, 0.717) is 13.2 Å². The lowest BCUT2D eigenvalue weighted by Crippen LogP contribution is -2.39. The first kappa shape index (κ1) is 16.0. The standard InChI is InChI=1S/C15H26N4O2/c1-4-16-13-9-15(18-14(17-13)11-21-5-2)19-8-6-7-12(10-19)20-3/h9,12H,4-8,10-11H2,1-3H3,(H,16,17,18). The maximum atomic E-state index is 5.49. The summed E-state index contributed by atoms with van der Waals surface area (Å²) in [6.07, 6.45) is 2.52. The van der Waals surface area contributed by atoms with Crippen LogP contribution in [0.25, 0.3) is 0 Å². The number of nitrogens with zero attached hydrogens (tertiary/aromatic N) is 3. The van der Waals surface area contributed by atoms with E-state index >= 15 is 0 Å². The number of anilines is 2. The van der Waals surface area contributed by atoms with E-state index in [1.807, 2.05) is 13.0 Å². The number of methoxy groups -OCH3 is 1. The van der Waals surface area contributed by atoms with Crippen molar-refractivity contribution in [3.8, 4) is 0 Å². The van der Waals surface area contributed by atoms with Crippen LogP contribution in [0.2, 0.25) is 0 Å². The second-order valence-electron chi connectivity index (χ2n) is 5.14. The summed E-state index contributed by atoms with van der Waals surface area (Å²) in [6.45, 7) is 7.88. The summed E-state index contributed by atoms with van der Waals surface area (Å²) in [5, 5.41) is 3.26.